The van der Waals surface area contributed by atoms with Gasteiger partial charge in [0.1, 0.15) is 12.1 Å². The molecule has 0 N–H and O–H groups in total. The van der Waals surface area contributed by atoms with Gasteiger partial charge in [0.15, 0.2) is 5.65 Å². The van der Waals surface area contributed by atoms with Crippen LogP contribution in [0.4, 0.5) is 5.82 Å². The van der Waals surface area contributed by atoms with Gasteiger partial charge in [-0.15, -0.1) is 0 Å². The zero-order valence-electron chi connectivity index (χ0n) is 11.4. The van der Waals surface area contributed by atoms with Gasteiger partial charge in [0.2, 0.25) is 0 Å². The lowest BCUT2D eigenvalue weighted by Crippen LogP contribution is -2.41. The molecule has 20 heavy (non-hydrogen) atoms. The lowest BCUT2D eigenvalue weighted by molar-refractivity contribution is 0.0530. The number of aryl methyl sites for hydroxylation is 1. The molecule has 1 aliphatic heterocycles. The fraction of sp³-hybridized carbons (Fsp3) is 0.538. The molecule has 104 valence electrons. The minimum absolute atomic E-state index is 0.197. The Balaban J connectivity index is 1.95. The molecule has 7 nitrogen and oxygen atoms in total. The standard InChI is InChI=1S/C13H16N6O/c1-10-8-18(5-6-20-10)12-11-7-17-19(4-2-3-14)13(11)16-9-15-12/h7,9-10H,2,4-6,8H2,1H3/t10-/m0/s1. The van der Waals surface area contributed by atoms with Crippen molar-refractivity contribution in [3.63, 3.8) is 0 Å². The second-order valence-corrected chi connectivity index (χ2v) is 4.84. The van der Waals surface area contributed by atoms with Crippen LogP contribution in [0.15, 0.2) is 12.5 Å². The SMILES string of the molecule is C[C@H]1CN(c2ncnc3c2cnn3CCC#N)CCO1. The Hall–Kier alpha value is -2.20. The largest absolute Gasteiger partial charge is 0.375 e. The van der Waals surface area contributed by atoms with Crippen LogP contribution < -0.4 is 4.90 Å². The maximum atomic E-state index is 8.68. The summed E-state index contributed by atoms with van der Waals surface area (Å²) in [5.41, 5.74) is 0.782. The number of anilines is 1. The van der Waals surface area contributed by atoms with Crippen LogP contribution >= 0.6 is 0 Å². The van der Waals surface area contributed by atoms with Crippen LogP contribution in [0.3, 0.4) is 0 Å². The van der Waals surface area contributed by atoms with E-state index in [1.54, 1.807) is 17.2 Å². The third-order valence-electron chi connectivity index (χ3n) is 3.39. The predicted molar refractivity (Wildman–Crippen MR) is 73.2 cm³/mol. The molecule has 1 atom stereocenters. The Bertz CT molecular complexity index is 646. The quantitative estimate of drug-likeness (QED) is 0.828. The first-order valence-electron chi connectivity index (χ1n) is 6.69. The van der Waals surface area contributed by atoms with E-state index in [-0.39, 0.29) is 6.10 Å². The average Bonchev–Trinajstić information content (AvgIpc) is 2.88. The van der Waals surface area contributed by atoms with Gasteiger partial charge in [-0.2, -0.15) is 10.4 Å². The fourth-order valence-electron chi connectivity index (χ4n) is 2.46. The number of fused-ring (bicyclic) bond motifs is 1. The summed E-state index contributed by atoms with van der Waals surface area (Å²) < 4.78 is 7.32. The molecule has 0 saturated carbocycles. The number of nitriles is 1. The lowest BCUT2D eigenvalue weighted by atomic mass is 10.2. The third kappa shape index (κ3) is 2.30. The second-order valence-electron chi connectivity index (χ2n) is 4.84. The molecule has 3 rings (SSSR count). The van der Waals surface area contributed by atoms with Crippen molar-refractivity contribution in [1.29, 1.82) is 5.26 Å². The van der Waals surface area contributed by atoms with Crippen molar-refractivity contribution in [3.8, 4) is 6.07 Å². The molecule has 1 saturated heterocycles. The van der Waals surface area contributed by atoms with Gasteiger partial charge in [0, 0.05) is 13.1 Å². The predicted octanol–water partition coefficient (Wildman–Crippen LogP) is 0.965. The number of ether oxygens (including phenoxy) is 1. The second kappa shape index (κ2) is 5.43. The van der Waals surface area contributed by atoms with Crippen LogP contribution in [0.5, 0.6) is 0 Å². The Labute approximate surface area is 116 Å². The van der Waals surface area contributed by atoms with Crippen molar-refractivity contribution in [2.24, 2.45) is 0 Å². The van der Waals surface area contributed by atoms with Crippen LogP contribution in [0, 0.1) is 11.3 Å². The molecule has 1 aliphatic rings. The molecule has 2 aromatic rings. The van der Waals surface area contributed by atoms with E-state index in [1.807, 2.05) is 0 Å². The molecule has 0 unspecified atom stereocenters. The van der Waals surface area contributed by atoms with Crippen molar-refractivity contribution < 1.29 is 4.74 Å². The Morgan fingerprint density at radius 3 is 3.20 bits per heavy atom. The molecule has 1 fully saturated rings. The highest BCUT2D eigenvalue weighted by atomic mass is 16.5. The van der Waals surface area contributed by atoms with Gasteiger partial charge < -0.3 is 9.64 Å². The number of hydrogen-bond donors (Lipinski definition) is 0. The molecule has 0 radical (unpaired) electrons. The molecule has 0 spiro atoms. The first kappa shape index (κ1) is 12.8. The van der Waals surface area contributed by atoms with Gasteiger partial charge >= 0.3 is 0 Å². The van der Waals surface area contributed by atoms with Crippen molar-refractivity contribution >= 4 is 16.9 Å². The summed E-state index contributed by atoms with van der Waals surface area (Å²) in [5, 5.41) is 13.9. The number of nitrogens with zero attached hydrogens (tertiary/aromatic N) is 6. The summed E-state index contributed by atoms with van der Waals surface area (Å²) in [6.07, 6.45) is 3.96. The summed E-state index contributed by atoms with van der Waals surface area (Å²) in [4.78, 5) is 10.9. The van der Waals surface area contributed by atoms with Crippen LogP contribution in [0.2, 0.25) is 0 Å². The number of rotatable bonds is 3. The summed E-state index contributed by atoms with van der Waals surface area (Å²) in [6.45, 7) is 4.95. The average molecular weight is 272 g/mol. The Kier molecular flexibility index (Phi) is 3.48. The van der Waals surface area contributed by atoms with Gasteiger partial charge in [-0.1, -0.05) is 0 Å². The highest BCUT2D eigenvalue weighted by Gasteiger charge is 2.21. The topological polar surface area (TPSA) is 79.9 Å². The number of aromatic nitrogens is 4. The van der Waals surface area contributed by atoms with Crippen molar-refractivity contribution in [1.82, 2.24) is 19.7 Å². The van der Waals surface area contributed by atoms with Gasteiger partial charge in [0.05, 0.1) is 43.3 Å². The highest BCUT2D eigenvalue weighted by molar-refractivity contribution is 5.86. The molecule has 0 amide bonds. The van der Waals surface area contributed by atoms with Crippen LogP contribution in [-0.2, 0) is 11.3 Å². The van der Waals surface area contributed by atoms with E-state index >= 15 is 0 Å². The minimum Gasteiger partial charge on any atom is -0.375 e. The molecule has 0 bridgehead atoms. The van der Waals surface area contributed by atoms with E-state index in [4.69, 9.17) is 10.00 Å². The van der Waals surface area contributed by atoms with E-state index in [1.165, 1.54) is 0 Å². The zero-order valence-corrected chi connectivity index (χ0v) is 11.4. The van der Waals surface area contributed by atoms with Crippen LogP contribution in [-0.4, -0.2) is 45.5 Å². The number of hydrogen-bond acceptors (Lipinski definition) is 6. The van der Waals surface area contributed by atoms with E-state index < -0.39 is 0 Å². The van der Waals surface area contributed by atoms with Crippen molar-refractivity contribution in [2.75, 3.05) is 24.6 Å². The first-order valence-corrected chi connectivity index (χ1v) is 6.69. The Morgan fingerprint density at radius 2 is 2.40 bits per heavy atom. The van der Waals surface area contributed by atoms with E-state index in [0.29, 0.717) is 19.6 Å². The molecule has 0 aliphatic carbocycles. The summed E-state index contributed by atoms with van der Waals surface area (Å²) >= 11 is 0. The number of morpholine rings is 1. The summed E-state index contributed by atoms with van der Waals surface area (Å²) in [7, 11) is 0. The highest BCUT2D eigenvalue weighted by Crippen LogP contribution is 2.24. The first-order chi connectivity index (χ1) is 9.79. The smallest absolute Gasteiger partial charge is 0.163 e. The summed E-state index contributed by atoms with van der Waals surface area (Å²) in [5.74, 6) is 0.897. The van der Waals surface area contributed by atoms with Crippen molar-refractivity contribution in [3.05, 3.63) is 12.5 Å². The Morgan fingerprint density at radius 1 is 1.50 bits per heavy atom. The van der Waals surface area contributed by atoms with Crippen molar-refractivity contribution in [2.45, 2.75) is 26.0 Å². The van der Waals surface area contributed by atoms with Gasteiger partial charge in [0.25, 0.3) is 0 Å². The maximum Gasteiger partial charge on any atom is 0.163 e. The van der Waals surface area contributed by atoms with Crippen LogP contribution in [0.1, 0.15) is 13.3 Å². The third-order valence-corrected chi connectivity index (χ3v) is 3.39. The van der Waals surface area contributed by atoms with Gasteiger partial charge in [-0.3, -0.25) is 0 Å². The molecule has 0 aromatic carbocycles. The maximum absolute atomic E-state index is 8.68. The molecular weight excluding hydrogens is 256 g/mol. The summed E-state index contributed by atoms with van der Waals surface area (Å²) in [6, 6.07) is 2.12. The van der Waals surface area contributed by atoms with E-state index in [0.717, 1.165) is 29.9 Å². The normalized spacial score (nSPS) is 19.2. The van der Waals surface area contributed by atoms with E-state index in [9.17, 15) is 0 Å². The molecule has 7 heteroatoms. The van der Waals surface area contributed by atoms with E-state index in [2.05, 4.69) is 33.0 Å². The lowest BCUT2D eigenvalue weighted by Gasteiger charge is -2.32. The molecular formula is C13H16N6O. The van der Waals surface area contributed by atoms with Gasteiger partial charge in [-0.05, 0) is 6.92 Å². The van der Waals surface area contributed by atoms with Gasteiger partial charge in [-0.25, -0.2) is 14.6 Å². The monoisotopic (exact) mass is 272 g/mol. The zero-order chi connectivity index (χ0) is 13.9. The molecule has 2 aromatic heterocycles. The molecule has 3 heterocycles. The fourth-order valence-corrected chi connectivity index (χ4v) is 2.46. The van der Waals surface area contributed by atoms with Crippen LogP contribution in [0.25, 0.3) is 11.0 Å². The minimum atomic E-state index is 0.197.